The molecule has 0 N–H and O–H groups in total. The van der Waals surface area contributed by atoms with Gasteiger partial charge in [-0.3, -0.25) is 0 Å². The first-order chi connectivity index (χ1) is 5.58. The van der Waals surface area contributed by atoms with Crippen molar-refractivity contribution in [1.29, 1.82) is 0 Å². The quantitative estimate of drug-likeness (QED) is 0.669. The minimum atomic E-state index is -4.23. The minimum absolute atomic E-state index is 0.293. The maximum atomic E-state index is 12.1. The molecular formula is C7H13FO2S2. The van der Waals surface area contributed by atoms with Gasteiger partial charge in [-0.15, -0.1) is 3.89 Å². The SMILES string of the molecule is O=S(=O)(F)CCC1CCCSC1. The molecule has 12 heavy (non-hydrogen) atoms. The van der Waals surface area contributed by atoms with Crippen molar-refractivity contribution in [3.8, 4) is 0 Å². The molecule has 0 radical (unpaired) electrons. The molecular weight excluding hydrogens is 199 g/mol. The van der Waals surface area contributed by atoms with Crippen LogP contribution in [0.15, 0.2) is 0 Å². The molecule has 1 heterocycles. The Hall–Kier alpha value is 0.230. The molecule has 0 saturated carbocycles. The van der Waals surface area contributed by atoms with Crippen LogP contribution in [0, 0.1) is 5.92 Å². The summed E-state index contributed by atoms with van der Waals surface area (Å²) in [5, 5.41) is 0. The van der Waals surface area contributed by atoms with Crippen molar-refractivity contribution in [2.75, 3.05) is 17.3 Å². The van der Waals surface area contributed by atoms with Gasteiger partial charge >= 0.3 is 10.2 Å². The molecule has 1 atom stereocenters. The van der Waals surface area contributed by atoms with Gasteiger partial charge in [0.05, 0.1) is 5.75 Å². The van der Waals surface area contributed by atoms with Crippen molar-refractivity contribution in [2.24, 2.45) is 5.92 Å². The normalized spacial score (nSPS) is 25.6. The van der Waals surface area contributed by atoms with Gasteiger partial charge in [-0.1, -0.05) is 0 Å². The smallest absolute Gasteiger partial charge is 0.195 e. The van der Waals surface area contributed by atoms with Crippen molar-refractivity contribution in [2.45, 2.75) is 19.3 Å². The van der Waals surface area contributed by atoms with E-state index in [1.54, 1.807) is 0 Å². The highest BCUT2D eigenvalue weighted by molar-refractivity contribution is 7.99. The van der Waals surface area contributed by atoms with E-state index in [9.17, 15) is 12.3 Å². The third kappa shape index (κ3) is 4.30. The second kappa shape index (κ2) is 4.46. The summed E-state index contributed by atoms with van der Waals surface area (Å²) in [5.41, 5.74) is 0. The van der Waals surface area contributed by atoms with E-state index in [-0.39, 0.29) is 5.75 Å². The predicted molar refractivity (Wildman–Crippen MR) is 49.6 cm³/mol. The Morgan fingerprint density at radius 3 is 2.75 bits per heavy atom. The van der Waals surface area contributed by atoms with Crippen molar-refractivity contribution >= 4 is 22.0 Å². The highest BCUT2D eigenvalue weighted by Gasteiger charge is 2.17. The molecule has 1 fully saturated rings. The molecule has 0 bridgehead atoms. The second-order valence-corrected chi connectivity index (χ2v) is 5.75. The molecule has 1 rings (SSSR count). The first-order valence-electron chi connectivity index (χ1n) is 4.08. The van der Waals surface area contributed by atoms with Gasteiger partial charge in [0.2, 0.25) is 0 Å². The molecule has 1 unspecified atom stereocenters. The highest BCUT2D eigenvalue weighted by Crippen LogP contribution is 2.25. The van der Waals surface area contributed by atoms with E-state index in [1.807, 2.05) is 11.8 Å². The van der Waals surface area contributed by atoms with Crippen LogP contribution in [0.1, 0.15) is 19.3 Å². The van der Waals surface area contributed by atoms with Crippen LogP contribution in [0.3, 0.4) is 0 Å². The molecule has 2 nitrogen and oxygen atoms in total. The lowest BCUT2D eigenvalue weighted by Gasteiger charge is -2.19. The molecule has 0 aromatic rings. The summed E-state index contributed by atoms with van der Waals surface area (Å²) < 4.78 is 32.5. The predicted octanol–water partition coefficient (Wildman–Crippen LogP) is 1.82. The fourth-order valence-electron chi connectivity index (χ4n) is 1.34. The van der Waals surface area contributed by atoms with Gasteiger partial charge in [-0.05, 0) is 36.7 Å². The molecule has 0 aromatic carbocycles. The summed E-state index contributed by atoms with van der Waals surface area (Å²) in [4.78, 5) is 0. The maximum Gasteiger partial charge on any atom is 0.302 e. The molecule has 0 aromatic heterocycles. The van der Waals surface area contributed by atoms with Crippen LogP contribution in [-0.4, -0.2) is 25.7 Å². The Labute approximate surface area is 77.1 Å². The fourth-order valence-corrected chi connectivity index (χ4v) is 3.16. The van der Waals surface area contributed by atoms with Gasteiger partial charge in [0.1, 0.15) is 0 Å². The minimum Gasteiger partial charge on any atom is -0.195 e. The summed E-state index contributed by atoms with van der Waals surface area (Å²) in [6.45, 7) is 0. The Morgan fingerprint density at radius 2 is 2.25 bits per heavy atom. The zero-order valence-electron chi connectivity index (χ0n) is 6.83. The van der Waals surface area contributed by atoms with E-state index in [1.165, 1.54) is 5.75 Å². The fraction of sp³-hybridized carbons (Fsp3) is 1.00. The molecule has 5 heteroatoms. The van der Waals surface area contributed by atoms with Crippen LogP contribution in [0.25, 0.3) is 0 Å². The lowest BCUT2D eigenvalue weighted by Crippen LogP contribution is -2.14. The van der Waals surface area contributed by atoms with Crippen molar-refractivity contribution in [1.82, 2.24) is 0 Å². The zero-order valence-corrected chi connectivity index (χ0v) is 8.46. The summed E-state index contributed by atoms with van der Waals surface area (Å²) >= 11 is 1.84. The lowest BCUT2D eigenvalue weighted by molar-refractivity contribution is 0.492. The molecule has 0 spiro atoms. The average Bonchev–Trinajstić information content (AvgIpc) is 2.02. The first kappa shape index (κ1) is 10.3. The summed E-state index contributed by atoms with van der Waals surface area (Å²) in [7, 11) is -4.23. The summed E-state index contributed by atoms with van der Waals surface area (Å²) in [6.07, 6.45) is 2.69. The number of hydrogen-bond donors (Lipinski definition) is 0. The molecule has 1 aliphatic heterocycles. The Balaban J connectivity index is 2.22. The van der Waals surface area contributed by atoms with E-state index in [4.69, 9.17) is 0 Å². The topological polar surface area (TPSA) is 34.1 Å². The van der Waals surface area contributed by atoms with Gasteiger partial charge in [0.15, 0.2) is 0 Å². The number of thioether (sulfide) groups is 1. The van der Waals surface area contributed by atoms with Crippen LogP contribution in [0.2, 0.25) is 0 Å². The van der Waals surface area contributed by atoms with E-state index in [0.29, 0.717) is 12.3 Å². The number of rotatable bonds is 3. The lowest BCUT2D eigenvalue weighted by atomic mass is 10.0. The van der Waals surface area contributed by atoms with E-state index in [0.717, 1.165) is 18.6 Å². The van der Waals surface area contributed by atoms with E-state index < -0.39 is 10.2 Å². The molecule has 1 aliphatic rings. The van der Waals surface area contributed by atoms with Crippen LogP contribution in [-0.2, 0) is 10.2 Å². The first-order valence-corrected chi connectivity index (χ1v) is 6.79. The Bertz CT molecular complexity index is 220. The summed E-state index contributed by atoms with van der Waals surface area (Å²) in [5.74, 6) is 2.28. The number of hydrogen-bond acceptors (Lipinski definition) is 3. The third-order valence-corrected chi connectivity index (χ3v) is 4.03. The molecule has 0 amide bonds. The molecule has 0 aliphatic carbocycles. The van der Waals surface area contributed by atoms with Gasteiger partial charge < -0.3 is 0 Å². The van der Waals surface area contributed by atoms with E-state index in [2.05, 4.69) is 0 Å². The van der Waals surface area contributed by atoms with Gasteiger partial charge in [0, 0.05) is 0 Å². The van der Waals surface area contributed by atoms with Crippen LogP contribution >= 0.6 is 11.8 Å². The largest absolute Gasteiger partial charge is 0.302 e. The average molecular weight is 212 g/mol. The maximum absolute atomic E-state index is 12.1. The van der Waals surface area contributed by atoms with Gasteiger partial charge in [-0.2, -0.15) is 20.2 Å². The zero-order chi connectivity index (χ0) is 9.03. The summed E-state index contributed by atoms with van der Waals surface area (Å²) in [6, 6.07) is 0. The van der Waals surface area contributed by atoms with Crippen molar-refractivity contribution < 1.29 is 12.3 Å². The van der Waals surface area contributed by atoms with Gasteiger partial charge in [0.25, 0.3) is 0 Å². The van der Waals surface area contributed by atoms with Crippen LogP contribution in [0.4, 0.5) is 3.89 Å². The standard InChI is InChI=1S/C7H13FO2S2/c8-12(9,10)5-3-7-2-1-4-11-6-7/h7H,1-6H2. The third-order valence-electron chi connectivity index (χ3n) is 2.02. The van der Waals surface area contributed by atoms with Crippen LogP contribution < -0.4 is 0 Å². The van der Waals surface area contributed by atoms with Crippen molar-refractivity contribution in [3.63, 3.8) is 0 Å². The molecule has 1 saturated heterocycles. The van der Waals surface area contributed by atoms with Crippen molar-refractivity contribution in [3.05, 3.63) is 0 Å². The van der Waals surface area contributed by atoms with Crippen LogP contribution in [0.5, 0.6) is 0 Å². The van der Waals surface area contributed by atoms with E-state index >= 15 is 0 Å². The molecule has 72 valence electrons. The Morgan fingerprint density at radius 1 is 1.50 bits per heavy atom. The Kier molecular flexibility index (Phi) is 3.83. The second-order valence-electron chi connectivity index (χ2n) is 3.11. The number of halogens is 1. The monoisotopic (exact) mass is 212 g/mol. The van der Waals surface area contributed by atoms with Gasteiger partial charge in [-0.25, -0.2) is 0 Å². The highest BCUT2D eigenvalue weighted by atomic mass is 32.3.